The van der Waals surface area contributed by atoms with E-state index in [1.165, 1.54) is 0 Å². The third-order valence-electron chi connectivity index (χ3n) is 1.15. The average molecular weight is 160 g/mol. The largest absolute Gasteiger partial charge is 0.394 e. The number of amides is 1. The van der Waals surface area contributed by atoms with E-state index in [4.69, 9.17) is 10.8 Å². The first kappa shape index (κ1) is 10.1. The van der Waals surface area contributed by atoms with Crippen molar-refractivity contribution in [3.05, 3.63) is 0 Å². The minimum atomic E-state index is -0.497. The first-order valence-corrected chi connectivity index (χ1v) is 3.28. The lowest BCUT2D eigenvalue weighted by Crippen LogP contribution is -2.41. The van der Waals surface area contributed by atoms with Crippen molar-refractivity contribution in [1.29, 1.82) is 0 Å². The predicted molar refractivity (Wildman–Crippen MR) is 38.8 cm³/mol. The molecule has 0 aliphatic rings. The van der Waals surface area contributed by atoms with Gasteiger partial charge in [0.2, 0.25) is 5.91 Å². The number of rotatable bonds is 5. The molecule has 0 unspecified atom stereocenters. The highest BCUT2D eigenvalue weighted by molar-refractivity contribution is 5.78. The molecule has 0 aromatic carbocycles. The Morgan fingerprint density at radius 1 is 1.73 bits per heavy atom. The van der Waals surface area contributed by atoms with Crippen molar-refractivity contribution in [2.45, 2.75) is 12.5 Å². The Labute approximate surface area is 64.6 Å². The number of nitrogens with one attached hydrogen (secondary N) is 1. The van der Waals surface area contributed by atoms with Crippen molar-refractivity contribution < 1.29 is 14.7 Å². The second kappa shape index (κ2) is 5.82. The van der Waals surface area contributed by atoms with Crippen LogP contribution in [0.15, 0.2) is 0 Å². The van der Waals surface area contributed by atoms with Crippen LogP contribution in [0.25, 0.3) is 0 Å². The molecule has 0 heterocycles. The molecule has 0 saturated carbocycles. The van der Waals surface area contributed by atoms with Gasteiger partial charge in [-0.15, -0.1) is 0 Å². The van der Waals surface area contributed by atoms with E-state index in [2.05, 4.69) is 5.32 Å². The Morgan fingerprint density at radius 3 is 2.73 bits per heavy atom. The zero-order valence-corrected chi connectivity index (χ0v) is 6.12. The van der Waals surface area contributed by atoms with Crippen LogP contribution in [0.1, 0.15) is 6.42 Å². The van der Waals surface area contributed by atoms with Gasteiger partial charge >= 0.3 is 0 Å². The minimum Gasteiger partial charge on any atom is -0.394 e. The molecule has 11 heavy (non-hydrogen) atoms. The lowest BCUT2D eigenvalue weighted by Gasteiger charge is -2.11. The monoisotopic (exact) mass is 160 g/mol. The summed E-state index contributed by atoms with van der Waals surface area (Å²) in [5, 5.41) is 11.0. The van der Waals surface area contributed by atoms with E-state index in [0.717, 1.165) is 0 Å². The van der Waals surface area contributed by atoms with E-state index in [9.17, 15) is 9.59 Å². The highest BCUT2D eigenvalue weighted by Crippen LogP contribution is 1.85. The maximum absolute atomic E-state index is 10.6. The smallest absolute Gasteiger partial charge is 0.234 e. The van der Waals surface area contributed by atoms with E-state index in [1.54, 1.807) is 0 Å². The fraction of sp³-hybridized carbons (Fsp3) is 0.667. The third kappa shape index (κ3) is 4.46. The zero-order chi connectivity index (χ0) is 8.69. The number of aliphatic hydroxyl groups is 1. The molecule has 5 nitrogen and oxygen atoms in total. The van der Waals surface area contributed by atoms with Gasteiger partial charge in [0, 0.05) is 6.42 Å². The highest BCUT2D eigenvalue weighted by atomic mass is 16.3. The van der Waals surface area contributed by atoms with Crippen LogP contribution >= 0.6 is 0 Å². The first-order valence-electron chi connectivity index (χ1n) is 3.28. The normalized spacial score (nSPS) is 12.2. The van der Waals surface area contributed by atoms with E-state index in [0.29, 0.717) is 6.29 Å². The molecule has 0 aromatic heterocycles. The molecule has 5 heteroatoms. The van der Waals surface area contributed by atoms with Crippen molar-refractivity contribution in [3.63, 3.8) is 0 Å². The Hall–Kier alpha value is -0.940. The lowest BCUT2D eigenvalue weighted by molar-refractivity contribution is -0.120. The summed E-state index contributed by atoms with van der Waals surface area (Å²) >= 11 is 0. The number of hydrogen-bond acceptors (Lipinski definition) is 4. The van der Waals surface area contributed by atoms with Crippen LogP contribution in [0.2, 0.25) is 0 Å². The van der Waals surface area contributed by atoms with Gasteiger partial charge in [-0.3, -0.25) is 4.79 Å². The van der Waals surface area contributed by atoms with Gasteiger partial charge < -0.3 is 21.0 Å². The van der Waals surface area contributed by atoms with Gasteiger partial charge in [0.25, 0.3) is 0 Å². The van der Waals surface area contributed by atoms with Crippen LogP contribution in [0.3, 0.4) is 0 Å². The van der Waals surface area contributed by atoms with Crippen molar-refractivity contribution in [2.75, 3.05) is 13.2 Å². The molecule has 0 bridgehead atoms. The topological polar surface area (TPSA) is 92.4 Å². The van der Waals surface area contributed by atoms with Crippen molar-refractivity contribution in [1.82, 2.24) is 5.32 Å². The number of nitrogens with two attached hydrogens (primary N) is 1. The average Bonchev–Trinajstić information content (AvgIpc) is 2.03. The second-order valence-electron chi connectivity index (χ2n) is 2.05. The summed E-state index contributed by atoms with van der Waals surface area (Å²) in [5.41, 5.74) is 4.99. The summed E-state index contributed by atoms with van der Waals surface area (Å²) < 4.78 is 0. The minimum absolute atomic E-state index is 0.113. The van der Waals surface area contributed by atoms with Gasteiger partial charge in [-0.2, -0.15) is 0 Å². The van der Waals surface area contributed by atoms with Crippen LogP contribution < -0.4 is 11.1 Å². The summed E-state index contributed by atoms with van der Waals surface area (Å²) in [7, 11) is 0. The Morgan fingerprint density at radius 2 is 2.36 bits per heavy atom. The maximum atomic E-state index is 10.6. The van der Waals surface area contributed by atoms with E-state index in [1.807, 2.05) is 0 Å². The maximum Gasteiger partial charge on any atom is 0.234 e. The summed E-state index contributed by atoms with van der Waals surface area (Å²) in [6, 6.07) is -0.497. The van der Waals surface area contributed by atoms with Gasteiger partial charge in [0.1, 0.15) is 6.29 Å². The molecule has 0 fully saturated rings. The SMILES string of the molecule is NCC(=O)N[C@H](CO)CC=O. The molecular weight excluding hydrogens is 148 g/mol. The number of hydrogen-bond donors (Lipinski definition) is 3. The molecule has 0 aliphatic heterocycles. The summed E-state index contributed by atoms with van der Waals surface area (Å²) in [4.78, 5) is 20.5. The number of carbonyl (C=O) groups excluding carboxylic acids is 2. The Bertz CT molecular complexity index is 138. The molecule has 0 saturated heterocycles. The molecule has 0 aromatic rings. The van der Waals surface area contributed by atoms with E-state index >= 15 is 0 Å². The fourth-order valence-corrected chi connectivity index (χ4v) is 0.582. The predicted octanol–water partition coefficient (Wildman–Crippen LogP) is -1.99. The zero-order valence-electron chi connectivity index (χ0n) is 6.12. The van der Waals surface area contributed by atoms with Crippen LogP contribution in [0.5, 0.6) is 0 Å². The Balaban J connectivity index is 3.67. The van der Waals surface area contributed by atoms with Gasteiger partial charge in [0.15, 0.2) is 0 Å². The van der Waals surface area contributed by atoms with Crippen LogP contribution in [0, 0.1) is 0 Å². The van der Waals surface area contributed by atoms with Crippen LogP contribution in [-0.4, -0.2) is 36.5 Å². The number of carbonyl (C=O) groups is 2. The van der Waals surface area contributed by atoms with Gasteiger partial charge in [0.05, 0.1) is 19.2 Å². The summed E-state index contributed by atoms with van der Waals surface area (Å²) in [6.45, 7) is -0.375. The fourth-order valence-electron chi connectivity index (χ4n) is 0.582. The first-order chi connectivity index (χ1) is 5.24. The van der Waals surface area contributed by atoms with Crippen molar-refractivity contribution in [2.24, 2.45) is 5.73 Å². The summed E-state index contributed by atoms with van der Waals surface area (Å²) in [6.07, 6.45) is 0.750. The molecule has 1 atom stereocenters. The summed E-state index contributed by atoms with van der Waals surface area (Å²) in [5.74, 6) is -0.370. The quantitative estimate of drug-likeness (QED) is 0.406. The molecule has 4 N–H and O–H groups in total. The molecule has 0 rings (SSSR count). The van der Waals surface area contributed by atoms with E-state index < -0.39 is 6.04 Å². The molecule has 64 valence electrons. The molecule has 0 aliphatic carbocycles. The molecule has 0 spiro atoms. The van der Waals surface area contributed by atoms with Crippen LogP contribution in [0.4, 0.5) is 0 Å². The standard InChI is InChI=1S/C6H12N2O3/c7-3-6(11)8-5(4-10)1-2-9/h2,5,10H,1,3-4,7H2,(H,8,11)/t5-/m0/s1. The molecule has 0 radical (unpaired) electrons. The number of aldehydes is 1. The van der Waals surface area contributed by atoms with Crippen molar-refractivity contribution >= 4 is 12.2 Å². The second-order valence-corrected chi connectivity index (χ2v) is 2.05. The third-order valence-corrected chi connectivity index (χ3v) is 1.15. The Kier molecular flexibility index (Phi) is 5.32. The highest BCUT2D eigenvalue weighted by Gasteiger charge is 2.08. The lowest BCUT2D eigenvalue weighted by atomic mass is 10.2. The van der Waals surface area contributed by atoms with Crippen molar-refractivity contribution in [3.8, 4) is 0 Å². The number of aliphatic hydroxyl groups excluding tert-OH is 1. The molecular formula is C6H12N2O3. The van der Waals surface area contributed by atoms with Gasteiger partial charge in [-0.05, 0) is 0 Å². The van der Waals surface area contributed by atoms with Gasteiger partial charge in [-0.25, -0.2) is 0 Å². The van der Waals surface area contributed by atoms with E-state index in [-0.39, 0.29) is 25.5 Å². The molecule has 1 amide bonds. The van der Waals surface area contributed by atoms with Gasteiger partial charge in [-0.1, -0.05) is 0 Å². The van der Waals surface area contributed by atoms with Crippen LogP contribution in [-0.2, 0) is 9.59 Å².